The number of piperazine rings is 1. The highest BCUT2D eigenvalue weighted by Gasteiger charge is 2.42. The molecule has 0 radical (unpaired) electrons. The third kappa shape index (κ3) is 4.62. The molecule has 27 heavy (non-hydrogen) atoms. The Morgan fingerprint density at radius 2 is 1.59 bits per heavy atom. The Hall–Kier alpha value is -1.63. The fraction of sp³-hybridized carbons (Fsp3) is 0.600. The number of ether oxygens (including phenoxy) is 1. The SMILES string of the molecule is CCc1ccc(C(=O)N2CCN(C(=O)C3(CN)CCOCC3)CC2)cc1.Cl. The van der Waals surface area contributed by atoms with E-state index in [4.69, 9.17) is 10.5 Å². The highest BCUT2D eigenvalue weighted by molar-refractivity contribution is 5.94. The van der Waals surface area contributed by atoms with Gasteiger partial charge in [0.2, 0.25) is 5.91 Å². The molecule has 2 fully saturated rings. The molecule has 2 aliphatic rings. The van der Waals surface area contributed by atoms with E-state index in [1.54, 1.807) is 0 Å². The molecule has 0 atom stereocenters. The Morgan fingerprint density at radius 3 is 2.11 bits per heavy atom. The molecule has 1 aromatic rings. The van der Waals surface area contributed by atoms with Crippen LogP contribution in [0.1, 0.15) is 35.7 Å². The van der Waals surface area contributed by atoms with Crippen molar-refractivity contribution in [2.45, 2.75) is 26.2 Å². The lowest BCUT2D eigenvalue weighted by Crippen LogP contribution is -2.57. The number of nitrogens with zero attached hydrogens (tertiary/aromatic N) is 2. The van der Waals surface area contributed by atoms with E-state index in [1.165, 1.54) is 5.56 Å². The van der Waals surface area contributed by atoms with Crippen molar-refractivity contribution < 1.29 is 14.3 Å². The molecule has 2 heterocycles. The second-order valence-corrected chi connectivity index (χ2v) is 7.23. The van der Waals surface area contributed by atoms with E-state index >= 15 is 0 Å². The van der Waals surface area contributed by atoms with Gasteiger partial charge in [-0.1, -0.05) is 19.1 Å². The minimum absolute atomic E-state index is 0. The number of aryl methyl sites for hydroxylation is 1. The van der Waals surface area contributed by atoms with Crippen molar-refractivity contribution in [3.05, 3.63) is 35.4 Å². The number of nitrogens with two attached hydrogens (primary N) is 1. The summed E-state index contributed by atoms with van der Waals surface area (Å²) in [6.07, 6.45) is 2.33. The van der Waals surface area contributed by atoms with Crippen LogP contribution < -0.4 is 5.73 Å². The number of carbonyl (C=O) groups is 2. The third-order valence-corrected chi connectivity index (χ3v) is 5.76. The number of rotatable bonds is 4. The van der Waals surface area contributed by atoms with Crippen LogP contribution >= 0.6 is 12.4 Å². The predicted molar refractivity (Wildman–Crippen MR) is 107 cm³/mol. The highest BCUT2D eigenvalue weighted by atomic mass is 35.5. The Bertz CT molecular complexity index is 636. The molecule has 0 aliphatic carbocycles. The van der Waals surface area contributed by atoms with Crippen molar-refractivity contribution in [1.29, 1.82) is 0 Å². The largest absolute Gasteiger partial charge is 0.381 e. The van der Waals surface area contributed by atoms with Crippen molar-refractivity contribution in [2.75, 3.05) is 45.9 Å². The molecule has 7 heteroatoms. The van der Waals surface area contributed by atoms with E-state index in [1.807, 2.05) is 34.1 Å². The van der Waals surface area contributed by atoms with Gasteiger partial charge in [0.25, 0.3) is 5.91 Å². The molecule has 0 saturated carbocycles. The number of amides is 2. The normalized spacial score (nSPS) is 19.3. The van der Waals surface area contributed by atoms with Gasteiger partial charge in [-0.2, -0.15) is 0 Å². The van der Waals surface area contributed by atoms with E-state index in [0.717, 1.165) is 6.42 Å². The number of carbonyl (C=O) groups excluding carboxylic acids is 2. The maximum absolute atomic E-state index is 13.0. The van der Waals surface area contributed by atoms with Gasteiger partial charge in [0, 0.05) is 51.5 Å². The van der Waals surface area contributed by atoms with Crippen LogP contribution in [0, 0.1) is 5.41 Å². The third-order valence-electron chi connectivity index (χ3n) is 5.76. The standard InChI is InChI=1S/C20H29N3O3.ClH/c1-2-16-3-5-17(6-4-16)18(24)22-9-11-23(12-10-22)19(25)20(15-21)7-13-26-14-8-20;/h3-6H,2,7-15,21H2,1H3;1H. The van der Waals surface area contributed by atoms with Crippen LogP contribution in [0.4, 0.5) is 0 Å². The topological polar surface area (TPSA) is 75.9 Å². The molecule has 2 aliphatic heterocycles. The maximum Gasteiger partial charge on any atom is 0.253 e. The summed E-state index contributed by atoms with van der Waals surface area (Å²) in [6, 6.07) is 7.79. The molecule has 150 valence electrons. The lowest BCUT2D eigenvalue weighted by Gasteiger charge is -2.42. The number of hydrogen-bond acceptors (Lipinski definition) is 4. The smallest absolute Gasteiger partial charge is 0.253 e. The number of halogens is 1. The predicted octanol–water partition coefficient (Wildman–Crippen LogP) is 1.71. The summed E-state index contributed by atoms with van der Waals surface area (Å²) in [7, 11) is 0. The van der Waals surface area contributed by atoms with Gasteiger partial charge in [0.1, 0.15) is 0 Å². The molecule has 0 aromatic heterocycles. The molecular formula is C20H30ClN3O3. The lowest BCUT2D eigenvalue weighted by molar-refractivity contribution is -0.148. The summed E-state index contributed by atoms with van der Waals surface area (Å²) in [5, 5.41) is 0. The van der Waals surface area contributed by atoms with E-state index in [2.05, 4.69) is 6.92 Å². The summed E-state index contributed by atoms with van der Waals surface area (Å²) >= 11 is 0. The van der Waals surface area contributed by atoms with Gasteiger partial charge in [-0.05, 0) is 37.0 Å². The number of benzene rings is 1. The van der Waals surface area contributed by atoms with Crippen molar-refractivity contribution >= 4 is 24.2 Å². The molecule has 3 rings (SSSR count). The fourth-order valence-electron chi connectivity index (χ4n) is 3.78. The molecule has 2 saturated heterocycles. The molecule has 0 spiro atoms. The van der Waals surface area contributed by atoms with Gasteiger partial charge in [-0.15, -0.1) is 12.4 Å². The Balaban J connectivity index is 0.00000261. The summed E-state index contributed by atoms with van der Waals surface area (Å²) in [5.41, 5.74) is 7.40. The average molecular weight is 396 g/mol. The first-order valence-corrected chi connectivity index (χ1v) is 9.55. The average Bonchev–Trinajstić information content (AvgIpc) is 2.73. The van der Waals surface area contributed by atoms with Crippen LogP contribution in [0.25, 0.3) is 0 Å². The Labute approximate surface area is 167 Å². The summed E-state index contributed by atoms with van der Waals surface area (Å²) < 4.78 is 5.40. The van der Waals surface area contributed by atoms with Crippen LogP contribution in [0.5, 0.6) is 0 Å². The molecule has 2 amide bonds. The lowest BCUT2D eigenvalue weighted by atomic mass is 9.78. The second kappa shape index (κ2) is 9.53. The molecular weight excluding hydrogens is 366 g/mol. The first kappa shape index (κ1) is 21.7. The van der Waals surface area contributed by atoms with Crippen LogP contribution in [-0.2, 0) is 16.0 Å². The van der Waals surface area contributed by atoms with E-state index in [-0.39, 0.29) is 24.2 Å². The van der Waals surface area contributed by atoms with Crippen LogP contribution in [-0.4, -0.2) is 67.6 Å². The summed E-state index contributed by atoms with van der Waals surface area (Å²) in [5.74, 6) is 0.169. The fourth-order valence-corrected chi connectivity index (χ4v) is 3.78. The first-order valence-electron chi connectivity index (χ1n) is 9.55. The van der Waals surface area contributed by atoms with Crippen molar-refractivity contribution in [3.63, 3.8) is 0 Å². The van der Waals surface area contributed by atoms with E-state index in [0.29, 0.717) is 64.3 Å². The zero-order valence-electron chi connectivity index (χ0n) is 16.0. The van der Waals surface area contributed by atoms with E-state index in [9.17, 15) is 9.59 Å². The van der Waals surface area contributed by atoms with Crippen molar-refractivity contribution in [3.8, 4) is 0 Å². The van der Waals surface area contributed by atoms with Crippen LogP contribution in [0.2, 0.25) is 0 Å². The molecule has 0 bridgehead atoms. The molecule has 2 N–H and O–H groups in total. The summed E-state index contributed by atoms with van der Waals surface area (Å²) in [6.45, 7) is 5.91. The Kier molecular flexibility index (Phi) is 7.65. The van der Waals surface area contributed by atoms with Crippen LogP contribution in [0.15, 0.2) is 24.3 Å². The second-order valence-electron chi connectivity index (χ2n) is 7.23. The zero-order chi connectivity index (χ0) is 18.6. The van der Waals surface area contributed by atoms with Gasteiger partial charge >= 0.3 is 0 Å². The molecule has 1 aromatic carbocycles. The molecule has 6 nitrogen and oxygen atoms in total. The van der Waals surface area contributed by atoms with E-state index < -0.39 is 5.41 Å². The van der Waals surface area contributed by atoms with Crippen molar-refractivity contribution in [2.24, 2.45) is 11.1 Å². The van der Waals surface area contributed by atoms with Gasteiger partial charge in [-0.3, -0.25) is 9.59 Å². The quantitative estimate of drug-likeness (QED) is 0.842. The molecule has 0 unspecified atom stereocenters. The van der Waals surface area contributed by atoms with Gasteiger partial charge < -0.3 is 20.3 Å². The minimum Gasteiger partial charge on any atom is -0.381 e. The minimum atomic E-state index is -0.486. The zero-order valence-corrected chi connectivity index (χ0v) is 16.8. The first-order chi connectivity index (χ1) is 12.6. The summed E-state index contributed by atoms with van der Waals surface area (Å²) in [4.78, 5) is 29.4. The monoisotopic (exact) mass is 395 g/mol. The van der Waals surface area contributed by atoms with Crippen LogP contribution in [0.3, 0.4) is 0 Å². The Morgan fingerprint density at radius 1 is 1.04 bits per heavy atom. The number of hydrogen-bond donors (Lipinski definition) is 1. The maximum atomic E-state index is 13.0. The van der Waals surface area contributed by atoms with Crippen molar-refractivity contribution in [1.82, 2.24) is 9.80 Å². The van der Waals surface area contributed by atoms with Gasteiger partial charge in [0.05, 0.1) is 5.41 Å². The van der Waals surface area contributed by atoms with Gasteiger partial charge in [-0.25, -0.2) is 0 Å². The van der Waals surface area contributed by atoms with Gasteiger partial charge in [0.15, 0.2) is 0 Å². The highest BCUT2D eigenvalue weighted by Crippen LogP contribution is 2.32.